The van der Waals surface area contributed by atoms with Gasteiger partial charge in [-0.1, -0.05) is 32.9 Å². The highest BCUT2D eigenvalue weighted by atomic mass is 32.1. The van der Waals surface area contributed by atoms with E-state index in [1.165, 1.54) is 6.07 Å². The molecule has 6 rings (SSSR count). The monoisotopic (exact) mass is 524 g/mol. The first-order valence-corrected chi connectivity index (χ1v) is 13.0. The Labute approximate surface area is 222 Å². The number of thiophene rings is 1. The number of halogens is 1. The number of carbonyl (C=O) groups is 1. The Balaban J connectivity index is 1.36. The largest absolute Gasteiger partial charge is 0.353 e. The van der Waals surface area contributed by atoms with Crippen molar-refractivity contribution in [3.05, 3.63) is 72.1 Å². The number of H-pyrrole nitrogens is 2. The van der Waals surface area contributed by atoms with Crippen LogP contribution >= 0.6 is 11.3 Å². The molecule has 0 atom stereocenters. The third kappa shape index (κ3) is 4.68. The first-order chi connectivity index (χ1) is 18.2. The van der Waals surface area contributed by atoms with Gasteiger partial charge in [0.05, 0.1) is 28.8 Å². The smallest absolute Gasteiger partial charge is 0.224 e. The van der Waals surface area contributed by atoms with E-state index in [1.54, 1.807) is 18.5 Å². The Morgan fingerprint density at radius 3 is 2.71 bits per heavy atom. The first-order valence-electron chi connectivity index (χ1n) is 12.2. The lowest BCUT2D eigenvalue weighted by Crippen LogP contribution is -2.19. The molecule has 6 aromatic rings. The first kappa shape index (κ1) is 24.0. The lowest BCUT2D eigenvalue weighted by Gasteiger charge is -2.17. The normalized spacial score (nSPS) is 11.9. The van der Waals surface area contributed by atoms with Crippen molar-refractivity contribution < 1.29 is 9.18 Å². The minimum absolute atomic E-state index is 0.0551. The maximum absolute atomic E-state index is 13.7. The number of nitrogens with zero attached hydrogens (tertiary/aromatic N) is 3. The van der Waals surface area contributed by atoms with Crippen LogP contribution in [-0.2, 0) is 4.79 Å². The molecule has 0 saturated heterocycles. The standard InChI is InChI=1S/C29H25FN6OS/c1-29(2,3)13-26(37)32-17-11-16(14-31-15-17)20-7-8-22-27(34-20)28(36-35-22)23-12-19-18(5-4-6-21(19)33-23)24-9-10-25(30)38-24/h4-12,14-15,33H,13H2,1-3H3,(H,32,37)(H,35,36). The van der Waals surface area contributed by atoms with Crippen molar-refractivity contribution >= 4 is 44.9 Å². The molecule has 5 heterocycles. The second-order valence-corrected chi connectivity index (χ2v) is 11.5. The summed E-state index contributed by atoms with van der Waals surface area (Å²) in [5.41, 5.74) is 6.90. The third-order valence-electron chi connectivity index (χ3n) is 6.17. The fraction of sp³-hybridized carbons (Fsp3) is 0.172. The third-order valence-corrected chi connectivity index (χ3v) is 7.08. The van der Waals surface area contributed by atoms with Gasteiger partial charge in [0.2, 0.25) is 5.91 Å². The van der Waals surface area contributed by atoms with Gasteiger partial charge < -0.3 is 10.3 Å². The van der Waals surface area contributed by atoms with E-state index in [0.717, 1.165) is 49.5 Å². The lowest BCUT2D eigenvalue weighted by atomic mass is 9.92. The summed E-state index contributed by atoms with van der Waals surface area (Å²) in [6.45, 7) is 6.08. The zero-order chi connectivity index (χ0) is 26.4. The Bertz CT molecular complexity index is 1810. The topological polar surface area (TPSA) is 99.4 Å². The molecule has 7 nitrogen and oxygen atoms in total. The number of rotatable bonds is 5. The molecule has 0 bridgehead atoms. The molecule has 0 unspecified atom stereocenters. The Morgan fingerprint density at radius 1 is 1.05 bits per heavy atom. The summed E-state index contributed by atoms with van der Waals surface area (Å²) >= 11 is 1.12. The van der Waals surface area contributed by atoms with Crippen molar-refractivity contribution in [1.82, 2.24) is 25.1 Å². The van der Waals surface area contributed by atoms with E-state index >= 15 is 0 Å². The molecule has 0 spiro atoms. The van der Waals surface area contributed by atoms with Crippen molar-refractivity contribution in [2.75, 3.05) is 5.32 Å². The van der Waals surface area contributed by atoms with Crippen LogP contribution < -0.4 is 5.32 Å². The Kier molecular flexibility index (Phi) is 5.80. The van der Waals surface area contributed by atoms with E-state index in [4.69, 9.17) is 4.98 Å². The second kappa shape index (κ2) is 9.18. The lowest BCUT2D eigenvalue weighted by molar-refractivity contribution is -0.117. The van der Waals surface area contributed by atoms with Gasteiger partial charge in [-0.15, -0.1) is 11.3 Å². The van der Waals surface area contributed by atoms with Crippen molar-refractivity contribution in [3.8, 4) is 33.1 Å². The second-order valence-electron chi connectivity index (χ2n) is 10.5. The van der Waals surface area contributed by atoms with Crippen LogP contribution in [0.4, 0.5) is 10.1 Å². The number of amides is 1. The van der Waals surface area contributed by atoms with Crippen LogP contribution in [0.1, 0.15) is 27.2 Å². The molecular formula is C29H25FN6OS. The summed E-state index contributed by atoms with van der Waals surface area (Å²) < 4.78 is 13.7. The molecule has 0 radical (unpaired) electrons. The SMILES string of the molecule is CC(C)(C)CC(=O)Nc1cncc(-c2ccc3[nH]nc(-c4cc5c(-c6ccc(F)s6)cccc5[nH]4)c3n2)c1. The molecule has 5 aromatic heterocycles. The zero-order valence-corrected chi connectivity index (χ0v) is 21.9. The molecule has 1 amide bonds. The van der Waals surface area contributed by atoms with Crippen LogP contribution in [0.2, 0.25) is 0 Å². The van der Waals surface area contributed by atoms with Gasteiger partial charge in [0.25, 0.3) is 0 Å². The van der Waals surface area contributed by atoms with Crippen LogP contribution in [0, 0.1) is 10.5 Å². The molecule has 190 valence electrons. The number of anilines is 1. The number of fused-ring (bicyclic) bond motifs is 2. The molecule has 0 fully saturated rings. The van der Waals surface area contributed by atoms with Gasteiger partial charge in [-0.25, -0.2) is 4.98 Å². The summed E-state index contributed by atoms with van der Waals surface area (Å²) in [7, 11) is 0. The summed E-state index contributed by atoms with van der Waals surface area (Å²) in [5.74, 6) is -0.0551. The Hall–Kier alpha value is -4.37. The van der Waals surface area contributed by atoms with Crippen molar-refractivity contribution in [2.45, 2.75) is 27.2 Å². The number of pyridine rings is 2. The number of benzene rings is 1. The zero-order valence-electron chi connectivity index (χ0n) is 21.1. The van der Waals surface area contributed by atoms with Gasteiger partial charge in [-0.3, -0.25) is 14.9 Å². The van der Waals surface area contributed by atoms with Crippen LogP contribution in [0.5, 0.6) is 0 Å². The van der Waals surface area contributed by atoms with Crippen molar-refractivity contribution in [1.29, 1.82) is 0 Å². The maximum atomic E-state index is 13.7. The number of hydrogen-bond acceptors (Lipinski definition) is 5. The van der Waals surface area contributed by atoms with E-state index in [1.807, 2.05) is 63.2 Å². The van der Waals surface area contributed by atoms with Gasteiger partial charge in [0, 0.05) is 39.5 Å². The van der Waals surface area contributed by atoms with Gasteiger partial charge in [-0.05, 0) is 47.9 Å². The minimum atomic E-state index is -0.213. The predicted octanol–water partition coefficient (Wildman–Crippen LogP) is 7.41. The van der Waals surface area contributed by atoms with E-state index in [2.05, 4.69) is 25.5 Å². The fourth-order valence-corrected chi connectivity index (χ4v) is 5.31. The van der Waals surface area contributed by atoms with Crippen LogP contribution in [-0.4, -0.2) is 31.1 Å². The van der Waals surface area contributed by atoms with Gasteiger partial charge in [-0.2, -0.15) is 9.49 Å². The van der Waals surface area contributed by atoms with Gasteiger partial charge in [0.1, 0.15) is 11.2 Å². The summed E-state index contributed by atoms with van der Waals surface area (Å²) in [4.78, 5) is 26.0. The molecule has 0 saturated carbocycles. The van der Waals surface area contributed by atoms with Crippen LogP contribution in [0.3, 0.4) is 0 Å². The number of carbonyl (C=O) groups excluding carboxylic acids is 1. The highest BCUT2D eigenvalue weighted by Gasteiger charge is 2.18. The quantitative estimate of drug-likeness (QED) is 0.219. The molecule has 0 aliphatic carbocycles. The van der Waals surface area contributed by atoms with Crippen molar-refractivity contribution in [3.63, 3.8) is 0 Å². The molecule has 0 aliphatic heterocycles. The average Bonchev–Trinajstić information content (AvgIpc) is 3.60. The molecular weight excluding hydrogens is 499 g/mol. The predicted molar refractivity (Wildman–Crippen MR) is 150 cm³/mol. The van der Waals surface area contributed by atoms with E-state index in [-0.39, 0.29) is 16.5 Å². The molecule has 0 aliphatic rings. The molecule has 9 heteroatoms. The van der Waals surface area contributed by atoms with E-state index < -0.39 is 0 Å². The average molecular weight is 525 g/mol. The minimum Gasteiger partial charge on any atom is -0.353 e. The fourth-order valence-electron chi connectivity index (χ4n) is 4.54. The summed E-state index contributed by atoms with van der Waals surface area (Å²) in [6.07, 6.45) is 3.77. The number of aromatic amines is 2. The highest BCUT2D eigenvalue weighted by Crippen LogP contribution is 2.36. The maximum Gasteiger partial charge on any atom is 0.224 e. The summed E-state index contributed by atoms with van der Waals surface area (Å²) in [6, 6.07) is 16.9. The van der Waals surface area contributed by atoms with Crippen LogP contribution in [0.15, 0.2) is 67.0 Å². The number of aromatic nitrogens is 5. The molecule has 38 heavy (non-hydrogen) atoms. The number of hydrogen-bond donors (Lipinski definition) is 3. The van der Waals surface area contributed by atoms with E-state index in [0.29, 0.717) is 29.0 Å². The molecule has 1 aromatic carbocycles. The number of nitrogens with one attached hydrogen (secondary N) is 3. The van der Waals surface area contributed by atoms with Crippen LogP contribution in [0.25, 0.3) is 55.0 Å². The Morgan fingerprint density at radius 2 is 1.92 bits per heavy atom. The summed E-state index contributed by atoms with van der Waals surface area (Å²) in [5, 5.41) is 11.3. The van der Waals surface area contributed by atoms with Gasteiger partial charge in [0.15, 0.2) is 5.13 Å². The molecule has 3 N–H and O–H groups in total. The van der Waals surface area contributed by atoms with Gasteiger partial charge >= 0.3 is 0 Å². The van der Waals surface area contributed by atoms with Crippen molar-refractivity contribution in [2.24, 2.45) is 5.41 Å². The van der Waals surface area contributed by atoms with E-state index in [9.17, 15) is 9.18 Å². The highest BCUT2D eigenvalue weighted by molar-refractivity contribution is 7.14.